The van der Waals surface area contributed by atoms with Crippen LogP contribution in [0.1, 0.15) is 11.6 Å². The number of piperazine rings is 1. The highest BCUT2D eigenvalue weighted by atomic mass is 19.1. The molecule has 0 saturated carbocycles. The average molecular weight is 358 g/mol. The van der Waals surface area contributed by atoms with Crippen molar-refractivity contribution in [1.29, 1.82) is 0 Å². The monoisotopic (exact) mass is 358 g/mol. The summed E-state index contributed by atoms with van der Waals surface area (Å²) in [5.74, 6) is -0.544. The van der Waals surface area contributed by atoms with Crippen LogP contribution in [0.15, 0.2) is 48.5 Å². The van der Waals surface area contributed by atoms with Crippen molar-refractivity contribution in [2.75, 3.05) is 31.5 Å². The molecule has 0 bridgehead atoms. The highest BCUT2D eigenvalue weighted by molar-refractivity contribution is 5.82. The van der Waals surface area contributed by atoms with Crippen LogP contribution in [-0.2, 0) is 4.79 Å². The van der Waals surface area contributed by atoms with Gasteiger partial charge in [0.1, 0.15) is 11.5 Å². The molecule has 3 rings (SSSR count). The summed E-state index contributed by atoms with van der Waals surface area (Å²) in [5.41, 5.74) is 0.932. The van der Waals surface area contributed by atoms with E-state index < -0.39 is 4.92 Å². The Morgan fingerprint density at radius 3 is 2.88 bits per heavy atom. The molecule has 0 spiro atoms. The molecule has 2 N–H and O–H groups in total. The predicted octanol–water partition coefficient (Wildman–Crippen LogP) is 2.32. The van der Waals surface area contributed by atoms with Gasteiger partial charge in [0.2, 0.25) is 5.91 Å². The molecular weight excluding hydrogens is 339 g/mol. The molecule has 0 radical (unpaired) electrons. The number of nitro groups is 1. The second kappa shape index (κ2) is 7.92. The maximum absolute atomic E-state index is 13.5. The first-order chi connectivity index (χ1) is 12.6. The van der Waals surface area contributed by atoms with Crippen LogP contribution in [0.5, 0.6) is 0 Å². The van der Waals surface area contributed by atoms with Gasteiger partial charge >= 0.3 is 0 Å². The quantitative estimate of drug-likeness (QED) is 0.633. The Balaban J connectivity index is 1.72. The van der Waals surface area contributed by atoms with Crippen LogP contribution in [0.2, 0.25) is 0 Å². The van der Waals surface area contributed by atoms with Crippen LogP contribution in [0, 0.1) is 15.9 Å². The largest absolute Gasteiger partial charge is 0.371 e. The highest BCUT2D eigenvalue weighted by Gasteiger charge is 2.28. The van der Waals surface area contributed by atoms with Crippen molar-refractivity contribution in [2.45, 2.75) is 6.04 Å². The lowest BCUT2D eigenvalue weighted by Crippen LogP contribution is -2.50. The van der Waals surface area contributed by atoms with Gasteiger partial charge in [0.25, 0.3) is 5.69 Å². The molecule has 1 aliphatic rings. The van der Waals surface area contributed by atoms with Crippen LogP contribution in [0.25, 0.3) is 0 Å². The number of hydrogen-bond donors (Lipinski definition) is 2. The smallest absolute Gasteiger partial charge is 0.292 e. The number of nitro benzene ring substituents is 1. The van der Waals surface area contributed by atoms with E-state index in [-0.39, 0.29) is 30.0 Å². The van der Waals surface area contributed by atoms with Crippen LogP contribution in [0.3, 0.4) is 0 Å². The van der Waals surface area contributed by atoms with Crippen molar-refractivity contribution in [3.63, 3.8) is 0 Å². The van der Waals surface area contributed by atoms with Crippen molar-refractivity contribution < 1.29 is 14.1 Å². The van der Waals surface area contributed by atoms with E-state index in [1.54, 1.807) is 35.2 Å². The van der Waals surface area contributed by atoms with Gasteiger partial charge in [0.15, 0.2) is 0 Å². The zero-order valence-electron chi connectivity index (χ0n) is 14.0. The normalized spacial score (nSPS) is 17.0. The molecule has 1 amide bonds. The second-order valence-electron chi connectivity index (χ2n) is 5.99. The van der Waals surface area contributed by atoms with E-state index in [0.29, 0.717) is 25.3 Å². The third-order valence-corrected chi connectivity index (χ3v) is 4.33. The second-order valence-corrected chi connectivity index (χ2v) is 5.99. The zero-order chi connectivity index (χ0) is 18.5. The van der Waals surface area contributed by atoms with Gasteiger partial charge in [-0.15, -0.1) is 0 Å². The van der Waals surface area contributed by atoms with Crippen molar-refractivity contribution in [3.8, 4) is 0 Å². The van der Waals surface area contributed by atoms with Gasteiger partial charge in [-0.3, -0.25) is 14.9 Å². The van der Waals surface area contributed by atoms with Crippen molar-refractivity contribution in [3.05, 3.63) is 70.0 Å². The number of carbonyl (C=O) groups is 1. The summed E-state index contributed by atoms with van der Waals surface area (Å²) in [6.07, 6.45) is 0. The van der Waals surface area contributed by atoms with Crippen molar-refractivity contribution in [2.24, 2.45) is 0 Å². The summed E-state index contributed by atoms with van der Waals surface area (Å²) in [7, 11) is 0. The van der Waals surface area contributed by atoms with E-state index in [0.717, 1.165) is 5.56 Å². The minimum atomic E-state index is -0.493. The summed E-state index contributed by atoms with van der Waals surface area (Å²) in [6.45, 7) is 1.58. The van der Waals surface area contributed by atoms with Crippen molar-refractivity contribution in [1.82, 2.24) is 10.2 Å². The van der Waals surface area contributed by atoms with E-state index in [1.165, 1.54) is 18.2 Å². The fourth-order valence-electron chi connectivity index (χ4n) is 3.07. The van der Waals surface area contributed by atoms with Gasteiger partial charge < -0.3 is 15.5 Å². The zero-order valence-corrected chi connectivity index (χ0v) is 14.0. The van der Waals surface area contributed by atoms with Gasteiger partial charge in [-0.2, -0.15) is 0 Å². The van der Waals surface area contributed by atoms with Gasteiger partial charge in [0.05, 0.1) is 17.5 Å². The van der Waals surface area contributed by atoms with E-state index in [2.05, 4.69) is 10.6 Å². The maximum Gasteiger partial charge on any atom is 0.292 e. The Labute approximate surface area is 150 Å². The molecule has 2 aromatic carbocycles. The minimum Gasteiger partial charge on any atom is -0.371 e. The van der Waals surface area contributed by atoms with E-state index in [4.69, 9.17) is 0 Å². The first-order valence-corrected chi connectivity index (χ1v) is 8.29. The molecule has 1 atom stereocenters. The lowest BCUT2D eigenvalue weighted by molar-refractivity contribution is -0.383. The maximum atomic E-state index is 13.5. The Morgan fingerprint density at radius 2 is 2.12 bits per heavy atom. The number of hydrogen-bond acceptors (Lipinski definition) is 5. The number of nitrogens with zero attached hydrogens (tertiary/aromatic N) is 2. The van der Waals surface area contributed by atoms with Crippen LogP contribution < -0.4 is 10.6 Å². The molecule has 0 aliphatic carbocycles. The van der Waals surface area contributed by atoms with Crippen LogP contribution in [-0.4, -0.2) is 41.9 Å². The fraction of sp³-hybridized carbons (Fsp3) is 0.278. The van der Waals surface area contributed by atoms with Crippen molar-refractivity contribution >= 4 is 17.3 Å². The number of nitrogens with one attached hydrogen (secondary N) is 2. The number of amides is 1. The van der Waals surface area contributed by atoms with Gasteiger partial charge in [-0.05, 0) is 23.8 Å². The first kappa shape index (κ1) is 17.8. The molecule has 7 nitrogen and oxygen atoms in total. The SMILES string of the molecule is O=C(CNc1ccccc1[N+](=O)[O-])N1CCNCC1c1cccc(F)c1. The van der Waals surface area contributed by atoms with Gasteiger partial charge in [-0.1, -0.05) is 24.3 Å². The Bertz CT molecular complexity index is 815. The highest BCUT2D eigenvalue weighted by Crippen LogP contribution is 2.25. The molecule has 0 aromatic heterocycles. The molecule has 1 aliphatic heterocycles. The summed E-state index contributed by atoms with van der Waals surface area (Å²) >= 11 is 0. The number of benzene rings is 2. The number of rotatable bonds is 5. The lowest BCUT2D eigenvalue weighted by Gasteiger charge is -2.36. The third-order valence-electron chi connectivity index (χ3n) is 4.33. The lowest BCUT2D eigenvalue weighted by atomic mass is 10.0. The van der Waals surface area contributed by atoms with Crippen LogP contribution >= 0.6 is 0 Å². The predicted molar refractivity (Wildman–Crippen MR) is 95.3 cm³/mol. The minimum absolute atomic E-state index is 0.0727. The third kappa shape index (κ3) is 3.97. The first-order valence-electron chi connectivity index (χ1n) is 8.29. The number of para-hydroxylation sites is 2. The number of halogens is 1. The Hall–Kier alpha value is -3.00. The molecular formula is C18H19FN4O3. The average Bonchev–Trinajstić information content (AvgIpc) is 2.66. The topological polar surface area (TPSA) is 87.5 Å². The van der Waals surface area contributed by atoms with Gasteiger partial charge in [0, 0.05) is 25.7 Å². The molecule has 1 fully saturated rings. The molecule has 1 saturated heterocycles. The van der Waals surface area contributed by atoms with Gasteiger partial charge in [-0.25, -0.2) is 4.39 Å². The number of carbonyl (C=O) groups excluding carboxylic acids is 1. The van der Waals surface area contributed by atoms with E-state index in [1.807, 2.05) is 0 Å². The molecule has 2 aromatic rings. The molecule has 26 heavy (non-hydrogen) atoms. The standard InChI is InChI=1S/C18H19FN4O3/c19-14-5-3-4-13(10-14)17-11-20-8-9-22(17)18(24)12-21-15-6-1-2-7-16(15)23(25)26/h1-7,10,17,20-21H,8-9,11-12H2. The molecule has 136 valence electrons. The number of anilines is 1. The molecule has 1 heterocycles. The van der Waals surface area contributed by atoms with Crippen LogP contribution in [0.4, 0.5) is 15.8 Å². The Kier molecular flexibility index (Phi) is 5.43. The fourth-order valence-corrected chi connectivity index (χ4v) is 3.07. The summed E-state index contributed by atoms with van der Waals surface area (Å²) in [5, 5.41) is 17.1. The summed E-state index contributed by atoms with van der Waals surface area (Å²) < 4.78 is 13.5. The van der Waals surface area contributed by atoms with E-state index in [9.17, 15) is 19.3 Å². The van der Waals surface area contributed by atoms with E-state index >= 15 is 0 Å². The molecule has 1 unspecified atom stereocenters. The molecule has 8 heteroatoms. The Morgan fingerprint density at radius 1 is 1.31 bits per heavy atom. The summed E-state index contributed by atoms with van der Waals surface area (Å²) in [4.78, 5) is 24.9. The summed E-state index contributed by atoms with van der Waals surface area (Å²) in [6, 6.07) is 12.1.